The first-order valence-corrected chi connectivity index (χ1v) is 11.7. The van der Waals surface area contributed by atoms with Crippen molar-refractivity contribution in [3.63, 3.8) is 0 Å². The van der Waals surface area contributed by atoms with E-state index >= 15 is 0 Å². The first kappa shape index (κ1) is 22.7. The molecule has 35 heavy (non-hydrogen) atoms. The minimum Gasteiger partial charge on any atom is -0.348 e. The molecule has 2 heterocycles. The van der Waals surface area contributed by atoms with Crippen molar-refractivity contribution in [2.24, 2.45) is 0 Å². The average Bonchev–Trinajstić information content (AvgIpc) is 3.14. The lowest BCUT2D eigenvalue weighted by Crippen LogP contribution is -2.38. The number of carbonyl (C=O) groups is 2. The Bertz CT molecular complexity index is 1390. The van der Waals surface area contributed by atoms with E-state index in [0.29, 0.717) is 21.8 Å². The minimum absolute atomic E-state index is 0.199. The summed E-state index contributed by atoms with van der Waals surface area (Å²) < 4.78 is 0. The fourth-order valence-electron chi connectivity index (χ4n) is 4.37. The summed E-state index contributed by atoms with van der Waals surface area (Å²) in [5, 5.41) is 3.40. The lowest BCUT2D eigenvalue weighted by molar-refractivity contribution is -0.125. The van der Waals surface area contributed by atoms with E-state index in [-0.39, 0.29) is 24.9 Å². The Morgan fingerprint density at radius 1 is 0.971 bits per heavy atom. The van der Waals surface area contributed by atoms with Gasteiger partial charge in [0.15, 0.2) is 0 Å². The molecule has 1 aliphatic heterocycles. The van der Waals surface area contributed by atoms with Crippen LogP contribution < -0.4 is 5.32 Å². The van der Waals surface area contributed by atoms with Crippen LogP contribution in [0.2, 0.25) is 5.02 Å². The van der Waals surface area contributed by atoms with Crippen molar-refractivity contribution in [3.05, 3.63) is 118 Å². The molecule has 6 nitrogen and oxygen atoms in total. The topological polar surface area (TPSA) is 75.2 Å². The van der Waals surface area contributed by atoms with E-state index in [4.69, 9.17) is 11.6 Å². The smallest absolute Gasteiger partial charge is 0.255 e. The first-order valence-electron chi connectivity index (χ1n) is 11.3. The predicted octanol–water partition coefficient (Wildman–Crippen LogP) is 5.12. The van der Waals surface area contributed by atoms with Crippen molar-refractivity contribution in [2.75, 3.05) is 0 Å². The molecular weight excluding hydrogens is 460 g/mol. The molecule has 1 aromatic heterocycles. The van der Waals surface area contributed by atoms with Crippen LogP contribution in [0.3, 0.4) is 0 Å². The number of rotatable bonds is 6. The molecule has 0 radical (unpaired) electrons. The summed E-state index contributed by atoms with van der Waals surface area (Å²) in [5.41, 5.74) is 5.55. The second kappa shape index (κ2) is 9.68. The maximum Gasteiger partial charge on any atom is 0.255 e. The zero-order valence-electron chi connectivity index (χ0n) is 19.1. The molecular formula is C28H23ClN4O2. The fourth-order valence-corrected chi connectivity index (χ4v) is 4.55. The summed E-state index contributed by atoms with van der Waals surface area (Å²) in [6.45, 7) is 2.34. The van der Waals surface area contributed by atoms with Gasteiger partial charge in [-0.15, -0.1) is 0 Å². The minimum atomic E-state index is -0.807. The number of hydrogen-bond acceptors (Lipinski definition) is 4. The monoisotopic (exact) mass is 482 g/mol. The molecule has 0 bridgehead atoms. The molecule has 0 saturated carbocycles. The van der Waals surface area contributed by atoms with Gasteiger partial charge in [0.2, 0.25) is 5.91 Å². The Morgan fingerprint density at radius 3 is 2.51 bits per heavy atom. The number of halogens is 1. The number of carbonyl (C=O) groups excluding carboxylic acids is 2. The molecule has 7 heteroatoms. The van der Waals surface area contributed by atoms with Crippen LogP contribution in [0, 0.1) is 6.92 Å². The van der Waals surface area contributed by atoms with E-state index in [0.717, 1.165) is 22.4 Å². The average molecular weight is 483 g/mol. The van der Waals surface area contributed by atoms with Crippen LogP contribution in [0.4, 0.5) is 0 Å². The van der Waals surface area contributed by atoms with Gasteiger partial charge in [0.1, 0.15) is 6.04 Å². The van der Waals surface area contributed by atoms with E-state index in [9.17, 15) is 9.59 Å². The van der Waals surface area contributed by atoms with Crippen molar-refractivity contribution in [1.82, 2.24) is 20.2 Å². The predicted molar refractivity (Wildman–Crippen MR) is 135 cm³/mol. The third kappa shape index (κ3) is 4.66. The summed E-state index contributed by atoms with van der Waals surface area (Å²) in [5.74, 6) is -0.492. The van der Waals surface area contributed by atoms with Crippen LogP contribution in [0.25, 0.3) is 11.1 Å². The zero-order valence-corrected chi connectivity index (χ0v) is 19.9. The van der Waals surface area contributed by atoms with Gasteiger partial charge in [0, 0.05) is 23.3 Å². The van der Waals surface area contributed by atoms with Crippen molar-refractivity contribution >= 4 is 23.4 Å². The van der Waals surface area contributed by atoms with Gasteiger partial charge in [-0.2, -0.15) is 0 Å². The van der Waals surface area contributed by atoms with Gasteiger partial charge < -0.3 is 10.2 Å². The molecule has 0 fully saturated rings. The summed E-state index contributed by atoms with van der Waals surface area (Å²) in [6.07, 6.45) is 3.29. The standard InChI is InChI=1S/C28H23ClN4O2/c1-18-14-31-22(15-30-18)16-32-27(34)26-25-13-21(29)11-12-24(25)28(35)33(26)17-20-9-5-6-10-23(20)19-7-3-2-4-8-19/h2-15,26H,16-17H2,1H3,(H,32,34). The Hall–Kier alpha value is -4.03. The quantitative estimate of drug-likeness (QED) is 0.414. The molecule has 3 aromatic carbocycles. The molecule has 1 unspecified atom stereocenters. The summed E-state index contributed by atoms with van der Waals surface area (Å²) in [4.78, 5) is 37.1. The van der Waals surface area contributed by atoms with E-state index in [2.05, 4.69) is 15.3 Å². The zero-order chi connectivity index (χ0) is 24.4. The summed E-state index contributed by atoms with van der Waals surface area (Å²) >= 11 is 6.26. The van der Waals surface area contributed by atoms with E-state index in [1.165, 1.54) is 0 Å². The number of benzene rings is 3. The molecule has 1 aliphatic rings. The molecule has 1 N–H and O–H groups in total. The van der Waals surface area contributed by atoms with Crippen molar-refractivity contribution in [2.45, 2.75) is 26.1 Å². The molecule has 174 valence electrons. The van der Waals surface area contributed by atoms with Gasteiger partial charge in [-0.05, 0) is 47.4 Å². The van der Waals surface area contributed by atoms with Crippen LogP contribution in [-0.2, 0) is 17.9 Å². The molecule has 1 atom stereocenters. The Labute approximate surface area is 208 Å². The normalized spacial score (nSPS) is 14.6. The van der Waals surface area contributed by atoms with Crippen LogP contribution in [0.1, 0.15) is 38.9 Å². The Morgan fingerprint density at radius 2 is 1.74 bits per heavy atom. The molecule has 2 amide bonds. The highest BCUT2D eigenvalue weighted by Crippen LogP contribution is 2.38. The number of hydrogen-bond donors (Lipinski definition) is 1. The highest BCUT2D eigenvalue weighted by atomic mass is 35.5. The number of nitrogens with zero attached hydrogens (tertiary/aromatic N) is 3. The number of nitrogens with one attached hydrogen (secondary N) is 1. The molecule has 4 aromatic rings. The molecule has 5 rings (SSSR count). The fraction of sp³-hybridized carbons (Fsp3) is 0.143. The van der Waals surface area contributed by atoms with Gasteiger partial charge in [0.25, 0.3) is 5.91 Å². The highest BCUT2D eigenvalue weighted by molar-refractivity contribution is 6.31. The van der Waals surface area contributed by atoms with Gasteiger partial charge >= 0.3 is 0 Å². The van der Waals surface area contributed by atoms with Crippen LogP contribution >= 0.6 is 11.6 Å². The van der Waals surface area contributed by atoms with Gasteiger partial charge in [-0.3, -0.25) is 19.6 Å². The van der Waals surface area contributed by atoms with Gasteiger partial charge in [-0.1, -0.05) is 66.2 Å². The van der Waals surface area contributed by atoms with Crippen LogP contribution in [0.5, 0.6) is 0 Å². The number of aryl methyl sites for hydroxylation is 1. The molecule has 0 spiro atoms. The number of amides is 2. The van der Waals surface area contributed by atoms with Crippen molar-refractivity contribution in [3.8, 4) is 11.1 Å². The number of aromatic nitrogens is 2. The summed E-state index contributed by atoms with van der Waals surface area (Å²) in [7, 11) is 0. The summed E-state index contributed by atoms with van der Waals surface area (Å²) in [6, 6.07) is 22.2. The molecule has 0 aliphatic carbocycles. The van der Waals surface area contributed by atoms with Gasteiger partial charge in [0.05, 0.1) is 24.1 Å². The Balaban J connectivity index is 1.47. The highest BCUT2D eigenvalue weighted by Gasteiger charge is 2.41. The molecule has 0 saturated heterocycles. The van der Waals surface area contributed by atoms with E-state index in [1.54, 1.807) is 35.5 Å². The first-order chi connectivity index (χ1) is 17.0. The SMILES string of the molecule is Cc1cnc(CNC(=O)C2c3cc(Cl)ccc3C(=O)N2Cc2ccccc2-c2ccccc2)cn1. The third-order valence-corrected chi connectivity index (χ3v) is 6.32. The van der Waals surface area contributed by atoms with Crippen molar-refractivity contribution < 1.29 is 9.59 Å². The lowest BCUT2D eigenvalue weighted by Gasteiger charge is -2.26. The Kier molecular flexibility index (Phi) is 6.29. The second-order valence-corrected chi connectivity index (χ2v) is 8.89. The van der Waals surface area contributed by atoms with E-state index < -0.39 is 6.04 Å². The number of fused-ring (bicyclic) bond motifs is 1. The lowest BCUT2D eigenvalue weighted by atomic mass is 9.99. The maximum absolute atomic E-state index is 13.5. The van der Waals surface area contributed by atoms with E-state index in [1.807, 2.05) is 61.5 Å². The van der Waals surface area contributed by atoms with Crippen molar-refractivity contribution in [1.29, 1.82) is 0 Å². The van der Waals surface area contributed by atoms with Crippen LogP contribution in [-0.4, -0.2) is 26.7 Å². The van der Waals surface area contributed by atoms with Crippen LogP contribution in [0.15, 0.2) is 85.2 Å². The largest absolute Gasteiger partial charge is 0.348 e. The second-order valence-electron chi connectivity index (χ2n) is 8.46. The maximum atomic E-state index is 13.5. The third-order valence-electron chi connectivity index (χ3n) is 6.08. The van der Waals surface area contributed by atoms with Gasteiger partial charge in [-0.25, -0.2) is 0 Å².